The van der Waals surface area contributed by atoms with Crippen molar-refractivity contribution in [2.45, 2.75) is 20.3 Å². The van der Waals surface area contributed by atoms with Gasteiger partial charge in [0.2, 0.25) is 0 Å². The molecule has 3 rings (SSSR count). The first-order valence-electron chi connectivity index (χ1n) is 7.48. The molecule has 0 atom stereocenters. The number of imidazole rings is 1. The number of benzene rings is 1. The molecule has 2 heterocycles. The van der Waals surface area contributed by atoms with Gasteiger partial charge in [-0.3, -0.25) is 4.40 Å². The van der Waals surface area contributed by atoms with Gasteiger partial charge in [0.1, 0.15) is 11.5 Å². The van der Waals surface area contributed by atoms with Crippen LogP contribution in [0.4, 0.5) is 0 Å². The summed E-state index contributed by atoms with van der Waals surface area (Å²) in [4.78, 5) is 17.9. The predicted octanol–water partition coefficient (Wildman–Crippen LogP) is 3.65. The zero-order chi connectivity index (χ0) is 17.4. The van der Waals surface area contributed by atoms with E-state index in [0.29, 0.717) is 28.6 Å². The van der Waals surface area contributed by atoms with Gasteiger partial charge >= 0.3 is 5.97 Å². The van der Waals surface area contributed by atoms with Crippen LogP contribution in [0, 0.1) is 6.92 Å². The van der Waals surface area contributed by atoms with Crippen LogP contribution in [0.25, 0.3) is 16.2 Å². The van der Waals surface area contributed by atoms with Crippen LogP contribution >= 0.6 is 11.3 Å². The standard InChI is InChI=1S/C17H18N2O4S/c1-5-12-15(16(20)21)19-14(9(2)24-17(19)18-12)11-8-10(22-3)6-7-13(11)23-4/h6-8H,5H2,1-4H3,(H,20,21). The highest BCUT2D eigenvalue weighted by atomic mass is 32.1. The zero-order valence-corrected chi connectivity index (χ0v) is 14.7. The van der Waals surface area contributed by atoms with Crippen molar-refractivity contribution in [2.24, 2.45) is 0 Å². The molecule has 0 bridgehead atoms. The largest absolute Gasteiger partial charge is 0.497 e. The number of carbonyl (C=O) groups is 1. The van der Waals surface area contributed by atoms with Crippen LogP contribution in [-0.4, -0.2) is 34.7 Å². The van der Waals surface area contributed by atoms with E-state index in [1.54, 1.807) is 18.6 Å². The second-order valence-corrected chi connectivity index (χ2v) is 6.44. The lowest BCUT2D eigenvalue weighted by molar-refractivity contribution is 0.0688. The van der Waals surface area contributed by atoms with Gasteiger partial charge in [-0.25, -0.2) is 9.78 Å². The van der Waals surface area contributed by atoms with E-state index in [1.165, 1.54) is 11.3 Å². The Kier molecular flexibility index (Phi) is 4.19. The van der Waals surface area contributed by atoms with Crippen molar-refractivity contribution in [1.29, 1.82) is 0 Å². The average molecular weight is 346 g/mol. The molecular formula is C17H18N2O4S. The van der Waals surface area contributed by atoms with E-state index in [-0.39, 0.29) is 5.69 Å². The van der Waals surface area contributed by atoms with Crippen molar-refractivity contribution >= 4 is 22.3 Å². The highest BCUT2D eigenvalue weighted by Gasteiger charge is 2.25. The summed E-state index contributed by atoms with van der Waals surface area (Å²) < 4.78 is 12.5. The second kappa shape index (κ2) is 6.16. The number of rotatable bonds is 5. The maximum atomic E-state index is 11.8. The van der Waals surface area contributed by atoms with Gasteiger partial charge < -0.3 is 14.6 Å². The molecule has 0 unspecified atom stereocenters. The fraction of sp³-hybridized carbons (Fsp3) is 0.294. The molecule has 6 nitrogen and oxygen atoms in total. The summed E-state index contributed by atoms with van der Waals surface area (Å²) in [5, 5.41) is 9.68. The number of methoxy groups -OCH3 is 2. The summed E-state index contributed by atoms with van der Waals surface area (Å²) in [6.07, 6.45) is 0.559. The lowest BCUT2D eigenvalue weighted by Gasteiger charge is -2.12. The van der Waals surface area contributed by atoms with Gasteiger partial charge in [-0.2, -0.15) is 0 Å². The summed E-state index contributed by atoms with van der Waals surface area (Å²) in [5.74, 6) is 0.346. The van der Waals surface area contributed by atoms with Crippen LogP contribution in [0.3, 0.4) is 0 Å². The number of aromatic nitrogens is 2. The number of carboxylic acids is 1. The Bertz CT molecular complexity index is 926. The number of carboxylic acid groups (broad SMARTS) is 1. The van der Waals surface area contributed by atoms with Crippen LogP contribution < -0.4 is 9.47 Å². The van der Waals surface area contributed by atoms with E-state index < -0.39 is 5.97 Å². The monoisotopic (exact) mass is 346 g/mol. The molecule has 24 heavy (non-hydrogen) atoms. The van der Waals surface area contributed by atoms with Crippen molar-refractivity contribution < 1.29 is 19.4 Å². The number of hydrogen-bond donors (Lipinski definition) is 1. The minimum absolute atomic E-state index is 0.205. The first kappa shape index (κ1) is 16.3. The van der Waals surface area contributed by atoms with Gasteiger partial charge in [-0.1, -0.05) is 6.92 Å². The topological polar surface area (TPSA) is 73.1 Å². The fourth-order valence-corrected chi connectivity index (χ4v) is 3.84. The number of aromatic carboxylic acids is 1. The van der Waals surface area contributed by atoms with E-state index >= 15 is 0 Å². The van der Waals surface area contributed by atoms with E-state index in [2.05, 4.69) is 4.98 Å². The third-order valence-electron chi connectivity index (χ3n) is 3.92. The molecule has 0 aliphatic rings. The molecule has 0 amide bonds. The third kappa shape index (κ3) is 2.41. The number of ether oxygens (including phenoxy) is 2. The first-order chi connectivity index (χ1) is 11.5. The zero-order valence-electron chi connectivity index (χ0n) is 13.9. The molecule has 0 aliphatic carbocycles. The van der Waals surface area contributed by atoms with Crippen LogP contribution in [0.5, 0.6) is 11.5 Å². The summed E-state index contributed by atoms with van der Waals surface area (Å²) in [5.41, 5.74) is 2.34. The SMILES string of the molecule is CCc1nc2sc(C)c(-c3cc(OC)ccc3OC)n2c1C(=O)O. The predicted molar refractivity (Wildman–Crippen MR) is 92.7 cm³/mol. The molecule has 0 spiro atoms. The third-order valence-corrected chi connectivity index (χ3v) is 4.88. The van der Waals surface area contributed by atoms with Crippen LogP contribution in [0.1, 0.15) is 28.0 Å². The molecule has 2 aromatic heterocycles. The molecule has 1 aromatic carbocycles. The van der Waals surface area contributed by atoms with Crippen molar-refractivity contribution in [1.82, 2.24) is 9.38 Å². The summed E-state index contributed by atoms with van der Waals surface area (Å²) in [6, 6.07) is 5.48. The fourth-order valence-electron chi connectivity index (χ4n) is 2.84. The molecule has 1 N–H and O–H groups in total. The lowest BCUT2D eigenvalue weighted by Crippen LogP contribution is -2.06. The summed E-state index contributed by atoms with van der Waals surface area (Å²) in [6.45, 7) is 3.85. The molecule has 126 valence electrons. The average Bonchev–Trinajstić information content (AvgIpc) is 3.07. The van der Waals surface area contributed by atoms with Crippen molar-refractivity contribution in [2.75, 3.05) is 14.2 Å². The molecule has 7 heteroatoms. The molecule has 3 aromatic rings. The molecule has 0 radical (unpaired) electrons. The minimum atomic E-state index is -0.986. The van der Waals surface area contributed by atoms with Crippen LogP contribution in [0.2, 0.25) is 0 Å². The normalized spacial score (nSPS) is 11.0. The van der Waals surface area contributed by atoms with Gasteiger partial charge in [0.25, 0.3) is 0 Å². The van der Waals surface area contributed by atoms with E-state index in [1.807, 2.05) is 32.0 Å². The van der Waals surface area contributed by atoms with Crippen molar-refractivity contribution in [3.8, 4) is 22.8 Å². The van der Waals surface area contributed by atoms with Crippen LogP contribution in [0.15, 0.2) is 18.2 Å². The smallest absolute Gasteiger partial charge is 0.354 e. The Morgan fingerprint density at radius 3 is 2.67 bits per heavy atom. The highest BCUT2D eigenvalue weighted by Crippen LogP contribution is 2.39. The quantitative estimate of drug-likeness (QED) is 0.763. The Balaban J connectivity index is 2.40. The maximum absolute atomic E-state index is 11.8. The minimum Gasteiger partial charge on any atom is -0.497 e. The van der Waals surface area contributed by atoms with Gasteiger partial charge in [-0.05, 0) is 31.5 Å². The maximum Gasteiger partial charge on any atom is 0.354 e. The van der Waals surface area contributed by atoms with Gasteiger partial charge in [0.15, 0.2) is 10.7 Å². The summed E-state index contributed by atoms with van der Waals surface area (Å²) in [7, 11) is 3.18. The van der Waals surface area contributed by atoms with Crippen LogP contribution in [-0.2, 0) is 6.42 Å². The molecule has 0 saturated heterocycles. The lowest BCUT2D eigenvalue weighted by atomic mass is 10.1. The Hall–Kier alpha value is -2.54. The Labute approximate surface area is 143 Å². The van der Waals surface area contributed by atoms with Gasteiger partial charge in [-0.15, -0.1) is 11.3 Å². The summed E-state index contributed by atoms with van der Waals surface area (Å²) >= 11 is 1.47. The van der Waals surface area contributed by atoms with E-state index in [9.17, 15) is 9.90 Å². The van der Waals surface area contributed by atoms with Gasteiger partial charge in [0.05, 0.1) is 25.6 Å². The molecule has 0 aliphatic heterocycles. The number of thiazole rings is 1. The van der Waals surface area contributed by atoms with Crippen molar-refractivity contribution in [3.63, 3.8) is 0 Å². The van der Waals surface area contributed by atoms with E-state index in [4.69, 9.17) is 9.47 Å². The number of nitrogens with zero attached hydrogens (tertiary/aromatic N) is 2. The van der Waals surface area contributed by atoms with Gasteiger partial charge in [0, 0.05) is 10.4 Å². The second-order valence-electron chi connectivity index (χ2n) is 5.26. The molecule has 0 saturated carbocycles. The van der Waals surface area contributed by atoms with E-state index in [0.717, 1.165) is 16.1 Å². The molecular weight excluding hydrogens is 328 g/mol. The number of hydrogen-bond acceptors (Lipinski definition) is 5. The number of fused-ring (bicyclic) bond motifs is 1. The first-order valence-corrected chi connectivity index (χ1v) is 8.29. The Morgan fingerprint density at radius 1 is 1.33 bits per heavy atom. The van der Waals surface area contributed by atoms with Crippen molar-refractivity contribution in [3.05, 3.63) is 34.5 Å². The highest BCUT2D eigenvalue weighted by molar-refractivity contribution is 7.17. The number of aryl methyl sites for hydroxylation is 2. The Morgan fingerprint density at radius 2 is 2.08 bits per heavy atom. The molecule has 0 fully saturated rings.